The number of nitro benzene ring substituents is 1. The third kappa shape index (κ3) is 3.68. The summed E-state index contributed by atoms with van der Waals surface area (Å²) >= 11 is 1.37. The molecule has 3 aromatic carbocycles. The Morgan fingerprint density at radius 2 is 1.61 bits per heavy atom. The highest BCUT2D eigenvalue weighted by Gasteiger charge is 2.23. The molecule has 0 bridgehead atoms. The second-order valence-electron chi connectivity index (χ2n) is 7.45. The number of benzene rings is 3. The molecule has 0 unspecified atom stereocenters. The van der Waals surface area contributed by atoms with Gasteiger partial charge in [-0.3, -0.25) is 10.1 Å². The molecule has 7 heteroatoms. The predicted octanol–water partition coefficient (Wildman–Crippen LogP) is 6.80. The molecule has 5 rings (SSSR count). The smallest absolute Gasteiger partial charge is 0.278 e. The van der Waals surface area contributed by atoms with Gasteiger partial charge in [-0.1, -0.05) is 54.6 Å². The lowest BCUT2D eigenvalue weighted by Crippen LogP contribution is -1.93. The molecular formula is C26H19N3O3S. The minimum Gasteiger partial charge on any atom is -0.497 e. The maximum atomic E-state index is 11.7. The summed E-state index contributed by atoms with van der Waals surface area (Å²) in [5, 5.41) is 12.4. The zero-order valence-electron chi connectivity index (χ0n) is 17.7. The third-order valence-corrected chi connectivity index (χ3v) is 6.65. The van der Waals surface area contributed by atoms with Gasteiger partial charge in [0.25, 0.3) is 5.69 Å². The number of pyridine rings is 1. The number of aromatic nitrogens is 1. The Morgan fingerprint density at radius 3 is 2.30 bits per heavy atom. The van der Waals surface area contributed by atoms with E-state index >= 15 is 0 Å². The number of fused-ring (bicyclic) bond motifs is 1. The van der Waals surface area contributed by atoms with E-state index in [0.29, 0.717) is 16.1 Å². The first-order chi connectivity index (χ1) is 16.1. The molecule has 0 spiro atoms. The number of nitrogen functional groups attached to an aromatic ring is 1. The number of nitrogens with zero attached hydrogens (tertiary/aromatic N) is 2. The fourth-order valence-corrected chi connectivity index (χ4v) is 5.05. The summed E-state index contributed by atoms with van der Waals surface area (Å²) in [4.78, 5) is 17.5. The first kappa shape index (κ1) is 20.7. The molecule has 0 atom stereocenters. The number of anilines is 1. The number of hydrogen-bond acceptors (Lipinski definition) is 6. The van der Waals surface area contributed by atoms with Gasteiger partial charge in [-0.05, 0) is 35.4 Å². The van der Waals surface area contributed by atoms with Crippen LogP contribution in [0.15, 0.2) is 84.9 Å². The van der Waals surface area contributed by atoms with Crippen LogP contribution in [0.1, 0.15) is 0 Å². The molecule has 0 saturated heterocycles. The first-order valence-electron chi connectivity index (χ1n) is 10.2. The molecule has 162 valence electrons. The van der Waals surface area contributed by atoms with Crippen molar-refractivity contribution in [1.82, 2.24) is 4.98 Å². The number of thiophene rings is 1. The highest BCUT2D eigenvalue weighted by molar-refractivity contribution is 7.22. The summed E-state index contributed by atoms with van der Waals surface area (Å²) < 4.78 is 5.31. The van der Waals surface area contributed by atoms with Crippen molar-refractivity contribution in [3.63, 3.8) is 0 Å². The number of ether oxygens (including phenoxy) is 1. The highest BCUT2D eigenvalue weighted by Crippen LogP contribution is 2.47. The Labute approximate surface area is 194 Å². The molecule has 0 aliphatic carbocycles. The van der Waals surface area contributed by atoms with Gasteiger partial charge in [-0.25, -0.2) is 4.98 Å². The van der Waals surface area contributed by atoms with Crippen molar-refractivity contribution in [2.75, 3.05) is 12.8 Å². The third-order valence-electron chi connectivity index (χ3n) is 5.51. The Balaban J connectivity index is 1.81. The average molecular weight is 454 g/mol. The van der Waals surface area contributed by atoms with Crippen LogP contribution in [0.25, 0.3) is 43.0 Å². The minimum atomic E-state index is -0.383. The van der Waals surface area contributed by atoms with Gasteiger partial charge < -0.3 is 10.5 Å². The Bertz CT molecular complexity index is 1480. The highest BCUT2D eigenvalue weighted by atomic mass is 32.1. The molecule has 0 saturated carbocycles. The molecule has 5 aromatic rings. The van der Waals surface area contributed by atoms with Crippen LogP contribution in [0.4, 0.5) is 11.4 Å². The molecule has 0 aliphatic heterocycles. The molecule has 33 heavy (non-hydrogen) atoms. The van der Waals surface area contributed by atoms with Crippen LogP contribution in [-0.4, -0.2) is 17.0 Å². The molecule has 2 heterocycles. The lowest BCUT2D eigenvalue weighted by molar-refractivity contribution is -0.384. The van der Waals surface area contributed by atoms with Crippen molar-refractivity contribution in [2.24, 2.45) is 0 Å². The van der Waals surface area contributed by atoms with Crippen LogP contribution >= 0.6 is 11.3 Å². The van der Waals surface area contributed by atoms with E-state index in [-0.39, 0.29) is 10.6 Å². The standard InChI is InChI=1S/C26H19N3O3S/c1-32-18-13-11-16(12-14-18)20-15-21(17-7-3-2-4-8-17)28-26-23(20)24(27)25(33-26)19-9-5-6-10-22(19)29(30)31/h2-15H,27H2,1H3. The van der Waals surface area contributed by atoms with E-state index in [1.54, 1.807) is 25.3 Å². The summed E-state index contributed by atoms with van der Waals surface area (Å²) in [6, 6.07) is 26.3. The van der Waals surface area contributed by atoms with Crippen molar-refractivity contribution < 1.29 is 9.66 Å². The van der Waals surface area contributed by atoms with Crippen LogP contribution in [-0.2, 0) is 0 Å². The number of para-hydroxylation sites is 1. The van der Waals surface area contributed by atoms with Crippen molar-refractivity contribution in [3.8, 4) is 38.6 Å². The summed E-state index contributed by atoms with van der Waals surface area (Å²) in [6.45, 7) is 0. The van der Waals surface area contributed by atoms with E-state index in [2.05, 4.69) is 0 Å². The Kier molecular flexibility index (Phi) is 5.24. The van der Waals surface area contributed by atoms with Crippen molar-refractivity contribution in [1.29, 1.82) is 0 Å². The van der Waals surface area contributed by atoms with Gasteiger partial charge >= 0.3 is 0 Å². The van der Waals surface area contributed by atoms with Gasteiger partial charge in [-0.2, -0.15) is 0 Å². The van der Waals surface area contributed by atoms with Gasteiger partial charge in [0.15, 0.2) is 0 Å². The minimum absolute atomic E-state index is 0.0186. The van der Waals surface area contributed by atoms with E-state index in [4.69, 9.17) is 15.5 Å². The zero-order valence-corrected chi connectivity index (χ0v) is 18.5. The molecule has 0 radical (unpaired) electrons. The topological polar surface area (TPSA) is 91.3 Å². The molecule has 6 nitrogen and oxygen atoms in total. The molecule has 2 N–H and O–H groups in total. The summed E-state index contributed by atoms with van der Waals surface area (Å²) in [6.07, 6.45) is 0. The van der Waals surface area contributed by atoms with Gasteiger partial charge in [0, 0.05) is 17.0 Å². The van der Waals surface area contributed by atoms with Crippen LogP contribution in [0.5, 0.6) is 5.75 Å². The first-order valence-corrected chi connectivity index (χ1v) is 11.0. The van der Waals surface area contributed by atoms with Crippen molar-refractivity contribution >= 4 is 32.9 Å². The van der Waals surface area contributed by atoms with E-state index in [0.717, 1.165) is 38.4 Å². The van der Waals surface area contributed by atoms with Crippen LogP contribution in [0.3, 0.4) is 0 Å². The van der Waals surface area contributed by atoms with Crippen LogP contribution < -0.4 is 10.5 Å². The number of hydrogen-bond donors (Lipinski definition) is 1. The van der Waals surface area contributed by atoms with E-state index in [1.807, 2.05) is 60.7 Å². The fraction of sp³-hybridized carbons (Fsp3) is 0.0385. The normalized spacial score (nSPS) is 10.9. The largest absolute Gasteiger partial charge is 0.497 e. The molecule has 0 fully saturated rings. The van der Waals surface area contributed by atoms with Gasteiger partial charge in [0.05, 0.1) is 33.9 Å². The van der Waals surface area contributed by atoms with Gasteiger partial charge in [0.2, 0.25) is 0 Å². The second-order valence-corrected chi connectivity index (χ2v) is 8.45. The van der Waals surface area contributed by atoms with E-state index < -0.39 is 0 Å². The summed E-state index contributed by atoms with van der Waals surface area (Å²) in [5.74, 6) is 0.756. The second kappa shape index (κ2) is 8.37. The summed E-state index contributed by atoms with van der Waals surface area (Å²) in [5.41, 5.74) is 11.3. The van der Waals surface area contributed by atoms with Crippen LogP contribution in [0.2, 0.25) is 0 Å². The average Bonchev–Trinajstić information content (AvgIpc) is 3.20. The van der Waals surface area contributed by atoms with Crippen LogP contribution in [0, 0.1) is 10.1 Å². The zero-order chi connectivity index (χ0) is 22.9. The summed E-state index contributed by atoms with van der Waals surface area (Å²) in [7, 11) is 1.63. The molecule has 0 amide bonds. The molecular weight excluding hydrogens is 434 g/mol. The Morgan fingerprint density at radius 1 is 0.909 bits per heavy atom. The number of rotatable bonds is 5. The van der Waals surface area contributed by atoms with E-state index in [9.17, 15) is 10.1 Å². The Hall–Kier alpha value is -4.23. The van der Waals surface area contributed by atoms with Crippen molar-refractivity contribution in [3.05, 3.63) is 95.0 Å². The predicted molar refractivity (Wildman–Crippen MR) is 134 cm³/mol. The molecule has 2 aromatic heterocycles. The SMILES string of the molecule is COc1ccc(-c2cc(-c3ccccc3)nc3sc(-c4ccccc4[N+](=O)[O-])c(N)c23)cc1. The maximum Gasteiger partial charge on any atom is 0.278 e. The number of methoxy groups -OCH3 is 1. The van der Waals surface area contributed by atoms with Crippen molar-refractivity contribution in [2.45, 2.75) is 0 Å². The monoisotopic (exact) mass is 453 g/mol. The quantitative estimate of drug-likeness (QED) is 0.233. The fourth-order valence-electron chi connectivity index (χ4n) is 3.90. The lowest BCUT2D eigenvalue weighted by Gasteiger charge is -2.10. The van der Waals surface area contributed by atoms with Gasteiger partial charge in [0.1, 0.15) is 10.6 Å². The van der Waals surface area contributed by atoms with E-state index in [1.165, 1.54) is 17.4 Å². The van der Waals surface area contributed by atoms with Gasteiger partial charge in [-0.15, -0.1) is 11.3 Å². The molecule has 0 aliphatic rings. The number of nitro groups is 1. The number of nitrogens with two attached hydrogens (primary N) is 1. The maximum absolute atomic E-state index is 11.7. The lowest BCUT2D eigenvalue weighted by atomic mass is 9.98.